The fourth-order valence-corrected chi connectivity index (χ4v) is 6.41. The number of fused-ring (bicyclic) bond motifs is 5. The predicted molar refractivity (Wildman–Crippen MR) is 130 cm³/mol. The maximum Gasteiger partial charge on any atom is 0.255 e. The molecule has 5 heterocycles. The number of hydrogen-bond acceptors (Lipinski definition) is 6. The van der Waals surface area contributed by atoms with Gasteiger partial charge in [0, 0.05) is 40.5 Å². The van der Waals surface area contributed by atoms with Gasteiger partial charge >= 0.3 is 0 Å². The second-order valence-corrected chi connectivity index (χ2v) is 10.5. The van der Waals surface area contributed by atoms with Gasteiger partial charge in [0.2, 0.25) is 11.8 Å². The summed E-state index contributed by atoms with van der Waals surface area (Å²) in [5.41, 5.74) is 4.85. The predicted octanol–water partition coefficient (Wildman–Crippen LogP) is 3.12. The first-order valence-electron chi connectivity index (χ1n) is 12.6. The van der Waals surface area contributed by atoms with E-state index < -0.39 is 6.04 Å². The van der Waals surface area contributed by atoms with Crippen molar-refractivity contribution in [2.45, 2.75) is 50.2 Å². The first-order valence-corrected chi connectivity index (χ1v) is 12.6. The molecule has 1 N–H and O–H groups in total. The molecule has 3 amide bonds. The summed E-state index contributed by atoms with van der Waals surface area (Å²) in [5.74, 6) is 0.00596. The lowest BCUT2D eigenvalue weighted by atomic mass is 9.74. The van der Waals surface area contributed by atoms with E-state index in [4.69, 9.17) is 9.15 Å². The van der Waals surface area contributed by atoms with Gasteiger partial charge in [-0.05, 0) is 62.2 Å². The molecule has 8 nitrogen and oxygen atoms in total. The maximum absolute atomic E-state index is 13.2. The van der Waals surface area contributed by atoms with Crippen molar-refractivity contribution in [2.24, 2.45) is 0 Å². The second-order valence-electron chi connectivity index (χ2n) is 10.5. The number of nitrogens with zero attached hydrogens (tertiary/aromatic N) is 2. The van der Waals surface area contributed by atoms with Crippen LogP contribution >= 0.6 is 0 Å². The number of amides is 3. The molecule has 1 spiro atoms. The van der Waals surface area contributed by atoms with Gasteiger partial charge in [0.1, 0.15) is 17.4 Å². The highest BCUT2D eigenvalue weighted by Crippen LogP contribution is 2.49. The lowest BCUT2D eigenvalue weighted by molar-refractivity contribution is -0.136. The highest BCUT2D eigenvalue weighted by Gasteiger charge is 2.47. The quantitative estimate of drug-likeness (QED) is 0.573. The number of furan rings is 1. The monoisotopic (exact) mass is 485 g/mol. The molecule has 184 valence electrons. The van der Waals surface area contributed by atoms with Crippen LogP contribution in [0.4, 0.5) is 0 Å². The lowest BCUT2D eigenvalue weighted by Crippen LogP contribution is -2.52. The third kappa shape index (κ3) is 3.27. The number of carbonyl (C=O) groups excluding carboxylic acids is 3. The number of imide groups is 1. The van der Waals surface area contributed by atoms with Crippen LogP contribution in [0.25, 0.3) is 11.0 Å². The Bertz CT molecular complexity index is 1420. The van der Waals surface area contributed by atoms with Crippen LogP contribution in [0.1, 0.15) is 52.7 Å². The molecule has 7 rings (SSSR count). The zero-order valence-corrected chi connectivity index (χ0v) is 19.9. The first kappa shape index (κ1) is 21.6. The van der Waals surface area contributed by atoms with Gasteiger partial charge in [0.05, 0.1) is 19.4 Å². The zero-order valence-electron chi connectivity index (χ0n) is 19.9. The van der Waals surface area contributed by atoms with Crippen molar-refractivity contribution >= 4 is 28.7 Å². The molecule has 0 radical (unpaired) electrons. The van der Waals surface area contributed by atoms with Gasteiger partial charge in [0.15, 0.2) is 0 Å². The van der Waals surface area contributed by atoms with Crippen molar-refractivity contribution in [2.75, 3.05) is 19.7 Å². The van der Waals surface area contributed by atoms with Gasteiger partial charge in [-0.1, -0.05) is 12.1 Å². The van der Waals surface area contributed by atoms with Crippen LogP contribution in [0.15, 0.2) is 47.1 Å². The summed E-state index contributed by atoms with van der Waals surface area (Å²) >= 11 is 0. The molecule has 1 aromatic heterocycles. The van der Waals surface area contributed by atoms with Crippen molar-refractivity contribution in [3.8, 4) is 5.75 Å². The van der Waals surface area contributed by atoms with Crippen molar-refractivity contribution in [3.63, 3.8) is 0 Å². The molecule has 2 fully saturated rings. The highest BCUT2D eigenvalue weighted by molar-refractivity contribution is 6.05. The molecule has 2 aromatic carbocycles. The largest absolute Gasteiger partial charge is 0.492 e. The number of likely N-dealkylation sites (tertiary alicyclic amines) is 1. The molecule has 1 atom stereocenters. The van der Waals surface area contributed by atoms with E-state index in [0.717, 1.165) is 54.8 Å². The summed E-state index contributed by atoms with van der Waals surface area (Å²) in [6.07, 6.45) is 4.33. The summed E-state index contributed by atoms with van der Waals surface area (Å²) in [5, 5.41) is 3.50. The average Bonchev–Trinajstić information content (AvgIpc) is 3.57. The van der Waals surface area contributed by atoms with E-state index in [1.54, 1.807) is 11.2 Å². The Balaban J connectivity index is 1.08. The molecule has 4 aliphatic rings. The summed E-state index contributed by atoms with van der Waals surface area (Å²) in [4.78, 5) is 41.2. The van der Waals surface area contributed by atoms with Crippen molar-refractivity contribution in [3.05, 3.63) is 64.9 Å². The fraction of sp³-hybridized carbons (Fsp3) is 0.393. The van der Waals surface area contributed by atoms with Crippen LogP contribution in [0, 0.1) is 0 Å². The van der Waals surface area contributed by atoms with Gasteiger partial charge in [-0.3, -0.25) is 24.6 Å². The molecule has 2 saturated heterocycles. The number of rotatable bonds is 3. The van der Waals surface area contributed by atoms with E-state index in [1.807, 2.05) is 18.2 Å². The highest BCUT2D eigenvalue weighted by atomic mass is 16.5. The second kappa shape index (κ2) is 7.93. The Morgan fingerprint density at radius 1 is 1.06 bits per heavy atom. The molecule has 0 aliphatic carbocycles. The normalized spacial score (nSPS) is 23.2. The number of ether oxygens (including phenoxy) is 1. The van der Waals surface area contributed by atoms with Gasteiger partial charge in [-0.2, -0.15) is 0 Å². The Morgan fingerprint density at radius 2 is 1.92 bits per heavy atom. The van der Waals surface area contributed by atoms with Gasteiger partial charge in [-0.15, -0.1) is 0 Å². The van der Waals surface area contributed by atoms with Crippen LogP contribution in [0.5, 0.6) is 5.75 Å². The Labute approximate surface area is 208 Å². The van der Waals surface area contributed by atoms with Crippen LogP contribution in [-0.2, 0) is 28.1 Å². The van der Waals surface area contributed by atoms with E-state index >= 15 is 0 Å². The van der Waals surface area contributed by atoms with Gasteiger partial charge in [0.25, 0.3) is 5.91 Å². The van der Waals surface area contributed by atoms with Crippen LogP contribution in [0.3, 0.4) is 0 Å². The molecule has 0 saturated carbocycles. The molecule has 36 heavy (non-hydrogen) atoms. The van der Waals surface area contributed by atoms with E-state index in [1.165, 1.54) is 11.1 Å². The Kier molecular flexibility index (Phi) is 4.76. The van der Waals surface area contributed by atoms with E-state index in [0.29, 0.717) is 25.1 Å². The zero-order chi connectivity index (χ0) is 24.4. The third-order valence-corrected chi connectivity index (χ3v) is 8.47. The minimum atomic E-state index is -0.613. The Morgan fingerprint density at radius 3 is 2.75 bits per heavy atom. The van der Waals surface area contributed by atoms with Crippen molar-refractivity contribution < 1.29 is 23.5 Å². The minimum Gasteiger partial charge on any atom is -0.492 e. The summed E-state index contributed by atoms with van der Waals surface area (Å²) < 4.78 is 11.8. The first-order chi connectivity index (χ1) is 17.5. The number of nitrogens with one attached hydrogen (secondary N) is 1. The molecular formula is C28H27N3O5. The Hall–Kier alpha value is -3.65. The summed E-state index contributed by atoms with van der Waals surface area (Å²) in [6.45, 7) is 3.84. The number of piperidine rings is 2. The average molecular weight is 486 g/mol. The third-order valence-electron chi connectivity index (χ3n) is 8.47. The minimum absolute atomic E-state index is 0.0412. The van der Waals surface area contributed by atoms with Crippen molar-refractivity contribution in [1.82, 2.24) is 15.1 Å². The molecular weight excluding hydrogens is 458 g/mol. The van der Waals surface area contributed by atoms with Crippen LogP contribution < -0.4 is 10.1 Å². The van der Waals surface area contributed by atoms with Crippen molar-refractivity contribution in [1.29, 1.82) is 0 Å². The lowest BCUT2D eigenvalue weighted by Gasteiger charge is -2.38. The SMILES string of the molecule is O=C1CCC(N2Cc3c(ccc4c3OCC43CCN(Cc4ccc5occc5c4)CC3)C2=O)C(=O)N1. The topological polar surface area (TPSA) is 92.1 Å². The van der Waals surface area contributed by atoms with Crippen LogP contribution in [-0.4, -0.2) is 53.3 Å². The summed E-state index contributed by atoms with van der Waals surface area (Å²) in [7, 11) is 0. The molecule has 3 aromatic rings. The fourth-order valence-electron chi connectivity index (χ4n) is 6.41. The number of hydrogen-bond donors (Lipinski definition) is 1. The molecule has 0 bridgehead atoms. The van der Waals surface area contributed by atoms with E-state index in [2.05, 4.69) is 28.4 Å². The smallest absolute Gasteiger partial charge is 0.255 e. The van der Waals surface area contributed by atoms with Gasteiger partial charge < -0.3 is 14.1 Å². The standard InChI is InChI=1S/C28H27N3O5/c32-24-6-4-22(26(33)29-24)31-15-20-19(27(31)34)2-3-21-25(20)36-16-28(21)8-10-30(11-9-28)14-17-1-5-23-18(13-17)7-12-35-23/h1-3,5,7,12-13,22H,4,6,8-11,14-16H2,(H,29,32,33). The number of carbonyl (C=O) groups is 3. The molecule has 8 heteroatoms. The number of benzene rings is 2. The van der Waals surface area contributed by atoms with E-state index in [9.17, 15) is 14.4 Å². The summed E-state index contributed by atoms with van der Waals surface area (Å²) in [6, 6.07) is 11.7. The molecule has 1 unspecified atom stereocenters. The van der Waals surface area contributed by atoms with E-state index in [-0.39, 0.29) is 29.6 Å². The van der Waals surface area contributed by atoms with Gasteiger partial charge in [-0.25, -0.2) is 0 Å². The maximum atomic E-state index is 13.2. The molecule has 4 aliphatic heterocycles. The van der Waals surface area contributed by atoms with Crippen LogP contribution in [0.2, 0.25) is 0 Å².